The Hall–Kier alpha value is -2.11. The Morgan fingerprint density at radius 3 is 2.42 bits per heavy atom. The number of hydrogen-bond acceptors (Lipinski definition) is 4. The third kappa shape index (κ3) is 5.19. The van der Waals surface area contributed by atoms with E-state index < -0.39 is 0 Å². The molecule has 2 unspecified atom stereocenters. The monoisotopic (exact) mass is 373 g/mol. The van der Waals surface area contributed by atoms with Crippen LogP contribution in [0.15, 0.2) is 42.6 Å². The summed E-state index contributed by atoms with van der Waals surface area (Å²) in [6, 6.07) is 11.3. The number of halogens is 1. The summed E-state index contributed by atoms with van der Waals surface area (Å²) >= 11 is 5.86. The van der Waals surface area contributed by atoms with E-state index in [2.05, 4.69) is 29.0 Å². The van der Waals surface area contributed by atoms with Crippen molar-refractivity contribution in [2.24, 2.45) is 0 Å². The van der Waals surface area contributed by atoms with Crippen molar-refractivity contribution in [3.63, 3.8) is 0 Å². The van der Waals surface area contributed by atoms with Crippen molar-refractivity contribution < 1.29 is 9.53 Å². The molecule has 0 aliphatic carbocycles. The van der Waals surface area contributed by atoms with Gasteiger partial charge in [-0.2, -0.15) is 0 Å². The molecular formula is C20H24ClN3O2. The van der Waals surface area contributed by atoms with Gasteiger partial charge >= 0.3 is 0 Å². The van der Waals surface area contributed by atoms with Crippen LogP contribution in [0.5, 0.6) is 0 Å². The lowest BCUT2D eigenvalue weighted by molar-refractivity contribution is -0.120. The first-order valence-corrected chi connectivity index (χ1v) is 9.24. The minimum absolute atomic E-state index is 0.0211. The molecule has 0 bridgehead atoms. The predicted octanol–water partition coefficient (Wildman–Crippen LogP) is 3.21. The van der Waals surface area contributed by atoms with Crippen molar-refractivity contribution in [1.82, 2.24) is 10.3 Å². The van der Waals surface area contributed by atoms with Crippen molar-refractivity contribution in [3.8, 4) is 0 Å². The number of hydrogen-bond donors (Lipinski definition) is 1. The smallest absolute Gasteiger partial charge is 0.224 e. The summed E-state index contributed by atoms with van der Waals surface area (Å²) in [4.78, 5) is 18.9. The van der Waals surface area contributed by atoms with Gasteiger partial charge in [-0.05, 0) is 43.2 Å². The molecule has 1 aromatic carbocycles. The molecule has 1 saturated heterocycles. The number of nitrogens with zero attached hydrogens (tertiary/aromatic N) is 2. The highest BCUT2D eigenvalue weighted by atomic mass is 35.5. The van der Waals surface area contributed by atoms with Gasteiger partial charge in [0, 0.05) is 30.9 Å². The fourth-order valence-electron chi connectivity index (χ4n) is 3.12. The molecule has 3 rings (SSSR count). The van der Waals surface area contributed by atoms with Gasteiger partial charge in [0.25, 0.3) is 0 Å². The molecule has 1 N–H and O–H groups in total. The van der Waals surface area contributed by atoms with Gasteiger partial charge in [-0.15, -0.1) is 0 Å². The van der Waals surface area contributed by atoms with Crippen LogP contribution in [0, 0.1) is 0 Å². The standard InChI is InChI=1S/C20H24ClN3O2/c1-14-12-24(13-15(2)26-14)19-8-5-17(10-22-19)11-23-20(25)9-16-3-6-18(21)7-4-16/h3-8,10,14-15H,9,11-13H2,1-2H3,(H,23,25). The Kier molecular flexibility index (Phi) is 6.12. The zero-order chi connectivity index (χ0) is 18.5. The normalized spacial score (nSPS) is 20.0. The van der Waals surface area contributed by atoms with E-state index >= 15 is 0 Å². The minimum atomic E-state index is -0.0211. The number of benzene rings is 1. The number of anilines is 1. The highest BCUT2D eigenvalue weighted by Gasteiger charge is 2.22. The van der Waals surface area contributed by atoms with Gasteiger partial charge in [-0.25, -0.2) is 4.98 Å². The summed E-state index contributed by atoms with van der Waals surface area (Å²) in [6.45, 7) is 6.30. The molecule has 5 nitrogen and oxygen atoms in total. The molecule has 1 aliphatic heterocycles. The minimum Gasteiger partial charge on any atom is -0.372 e. The zero-order valence-electron chi connectivity index (χ0n) is 15.1. The summed E-state index contributed by atoms with van der Waals surface area (Å²) in [7, 11) is 0. The maximum atomic E-state index is 12.1. The van der Waals surface area contributed by atoms with Gasteiger partial charge in [-0.1, -0.05) is 29.8 Å². The molecule has 2 heterocycles. The van der Waals surface area contributed by atoms with Crippen molar-refractivity contribution in [2.45, 2.75) is 39.0 Å². The van der Waals surface area contributed by atoms with E-state index in [1.54, 1.807) is 12.1 Å². The Morgan fingerprint density at radius 2 is 1.81 bits per heavy atom. The second kappa shape index (κ2) is 8.52. The maximum absolute atomic E-state index is 12.1. The number of morpholine rings is 1. The number of nitrogens with one attached hydrogen (secondary N) is 1. The second-order valence-electron chi connectivity index (χ2n) is 6.77. The molecule has 1 aliphatic rings. The van der Waals surface area contributed by atoms with Crippen LogP contribution in [0.25, 0.3) is 0 Å². The summed E-state index contributed by atoms with van der Waals surface area (Å²) in [5.41, 5.74) is 1.92. The van der Waals surface area contributed by atoms with E-state index in [-0.39, 0.29) is 18.1 Å². The molecule has 26 heavy (non-hydrogen) atoms. The SMILES string of the molecule is CC1CN(c2ccc(CNC(=O)Cc3ccc(Cl)cc3)cn2)CC(C)O1. The van der Waals surface area contributed by atoms with Gasteiger partial charge in [0.15, 0.2) is 0 Å². The number of carbonyl (C=O) groups is 1. The number of pyridine rings is 1. The van der Waals surface area contributed by atoms with Crippen LogP contribution in [0.3, 0.4) is 0 Å². The quantitative estimate of drug-likeness (QED) is 0.874. The lowest BCUT2D eigenvalue weighted by Gasteiger charge is -2.36. The topological polar surface area (TPSA) is 54.5 Å². The van der Waals surface area contributed by atoms with Crippen molar-refractivity contribution in [3.05, 3.63) is 58.7 Å². The number of ether oxygens (including phenoxy) is 1. The lowest BCUT2D eigenvalue weighted by atomic mass is 10.1. The van der Waals surface area contributed by atoms with Crippen LogP contribution >= 0.6 is 11.6 Å². The Morgan fingerprint density at radius 1 is 1.15 bits per heavy atom. The number of aromatic nitrogens is 1. The Balaban J connectivity index is 1.51. The second-order valence-corrected chi connectivity index (χ2v) is 7.20. The van der Waals surface area contributed by atoms with Gasteiger partial charge in [-0.3, -0.25) is 4.79 Å². The molecule has 0 spiro atoms. The largest absolute Gasteiger partial charge is 0.372 e. The van der Waals surface area contributed by atoms with Crippen LogP contribution < -0.4 is 10.2 Å². The van der Waals surface area contributed by atoms with Gasteiger partial charge in [0.05, 0.1) is 18.6 Å². The molecule has 0 radical (unpaired) electrons. The van der Waals surface area contributed by atoms with E-state index in [9.17, 15) is 4.79 Å². The third-order valence-electron chi connectivity index (χ3n) is 4.32. The molecule has 0 saturated carbocycles. The number of carbonyl (C=O) groups excluding carboxylic acids is 1. The fourth-order valence-corrected chi connectivity index (χ4v) is 3.25. The zero-order valence-corrected chi connectivity index (χ0v) is 15.9. The van der Waals surface area contributed by atoms with Crippen molar-refractivity contribution in [2.75, 3.05) is 18.0 Å². The van der Waals surface area contributed by atoms with Crippen molar-refractivity contribution >= 4 is 23.3 Å². The molecule has 2 atom stereocenters. The first kappa shape index (κ1) is 18.7. The van der Waals surface area contributed by atoms with Gasteiger partial charge in [0.1, 0.15) is 5.82 Å². The highest BCUT2D eigenvalue weighted by molar-refractivity contribution is 6.30. The molecule has 1 aromatic heterocycles. The molecular weight excluding hydrogens is 350 g/mol. The Labute approximate surface area is 159 Å². The lowest BCUT2D eigenvalue weighted by Crippen LogP contribution is -2.45. The highest BCUT2D eigenvalue weighted by Crippen LogP contribution is 2.18. The number of rotatable bonds is 5. The van der Waals surface area contributed by atoms with E-state index in [0.29, 0.717) is 18.0 Å². The molecule has 6 heteroatoms. The average molecular weight is 374 g/mol. The van der Waals surface area contributed by atoms with E-state index in [4.69, 9.17) is 16.3 Å². The fraction of sp³-hybridized carbons (Fsp3) is 0.400. The first-order valence-electron chi connectivity index (χ1n) is 8.86. The summed E-state index contributed by atoms with van der Waals surface area (Å²) in [6.07, 6.45) is 2.56. The van der Waals surface area contributed by atoms with Gasteiger partial charge < -0.3 is 15.0 Å². The molecule has 2 aromatic rings. The van der Waals surface area contributed by atoms with Crippen LogP contribution in [0.2, 0.25) is 5.02 Å². The van der Waals surface area contributed by atoms with E-state index in [1.165, 1.54) is 0 Å². The summed E-state index contributed by atoms with van der Waals surface area (Å²) in [5, 5.41) is 3.60. The van der Waals surface area contributed by atoms with Gasteiger partial charge in [0.2, 0.25) is 5.91 Å². The van der Waals surface area contributed by atoms with E-state index in [0.717, 1.165) is 30.0 Å². The molecule has 1 amide bonds. The summed E-state index contributed by atoms with van der Waals surface area (Å²) in [5.74, 6) is 0.926. The average Bonchev–Trinajstić information content (AvgIpc) is 2.61. The maximum Gasteiger partial charge on any atom is 0.224 e. The van der Waals surface area contributed by atoms with Crippen LogP contribution in [-0.4, -0.2) is 36.2 Å². The van der Waals surface area contributed by atoms with Crippen LogP contribution in [0.4, 0.5) is 5.82 Å². The predicted molar refractivity (Wildman–Crippen MR) is 103 cm³/mol. The first-order chi connectivity index (χ1) is 12.5. The Bertz CT molecular complexity index is 724. The summed E-state index contributed by atoms with van der Waals surface area (Å²) < 4.78 is 5.76. The van der Waals surface area contributed by atoms with Crippen molar-refractivity contribution in [1.29, 1.82) is 0 Å². The number of amides is 1. The molecule has 138 valence electrons. The molecule has 1 fully saturated rings. The van der Waals surface area contributed by atoms with E-state index in [1.807, 2.05) is 30.5 Å². The van der Waals surface area contributed by atoms with Crippen LogP contribution in [-0.2, 0) is 22.5 Å². The third-order valence-corrected chi connectivity index (χ3v) is 4.57. The van der Waals surface area contributed by atoms with Crippen LogP contribution in [0.1, 0.15) is 25.0 Å².